The van der Waals surface area contributed by atoms with Gasteiger partial charge in [0.25, 0.3) is 0 Å². The van der Waals surface area contributed by atoms with Crippen LogP contribution in [0.3, 0.4) is 0 Å². The predicted molar refractivity (Wildman–Crippen MR) is 50.8 cm³/mol. The molecule has 0 saturated carbocycles. The van der Waals surface area contributed by atoms with Crippen molar-refractivity contribution in [1.82, 2.24) is 9.97 Å². The maximum atomic E-state index is 5.10. The van der Waals surface area contributed by atoms with Crippen LogP contribution in [0.1, 0.15) is 0 Å². The lowest BCUT2D eigenvalue weighted by Gasteiger charge is -2.04. The second kappa shape index (κ2) is 3.18. The molecule has 13 heavy (non-hydrogen) atoms. The van der Waals surface area contributed by atoms with Crippen molar-refractivity contribution in [3.63, 3.8) is 0 Å². The van der Waals surface area contributed by atoms with E-state index in [1.165, 1.54) is 17.6 Å². The van der Waals surface area contributed by atoms with Gasteiger partial charge in [0.1, 0.15) is 12.0 Å². The van der Waals surface area contributed by atoms with Crippen molar-refractivity contribution in [2.75, 3.05) is 19.0 Å². The molecule has 0 aliphatic rings. The van der Waals surface area contributed by atoms with E-state index in [0.29, 0.717) is 11.6 Å². The molecule has 0 unspecified atom stereocenters. The molecule has 2 aromatic rings. The normalized spacial score (nSPS) is 10.3. The number of thiazole rings is 1. The summed E-state index contributed by atoms with van der Waals surface area (Å²) in [6.07, 6.45) is 3.12. The third-order valence-electron chi connectivity index (χ3n) is 1.46. The van der Waals surface area contributed by atoms with Crippen molar-refractivity contribution in [3.8, 4) is 11.6 Å². The largest absolute Gasteiger partial charge is 0.443 e. The maximum Gasteiger partial charge on any atom is 0.246 e. The molecular formula is C8H8N3OS. The summed E-state index contributed by atoms with van der Waals surface area (Å²) in [5, 5.41) is 3.92. The van der Waals surface area contributed by atoms with Gasteiger partial charge in [-0.3, -0.25) is 0 Å². The van der Waals surface area contributed by atoms with Gasteiger partial charge in [-0.25, -0.2) is 9.97 Å². The number of aromatic nitrogens is 2. The first-order chi connectivity index (χ1) is 6.27. The fourth-order valence-electron chi connectivity index (χ4n) is 0.858. The first-order valence-electron chi connectivity index (χ1n) is 3.73. The summed E-state index contributed by atoms with van der Waals surface area (Å²) in [6.45, 7) is 0. The molecule has 0 aliphatic carbocycles. The number of hydrogen-bond donors (Lipinski definition) is 0. The summed E-state index contributed by atoms with van der Waals surface area (Å²) < 4.78 is 5.10. The smallest absolute Gasteiger partial charge is 0.246 e. The summed E-state index contributed by atoms with van der Waals surface area (Å²) in [5.74, 6) is 0.518. The van der Waals surface area contributed by atoms with Gasteiger partial charge in [0, 0.05) is 14.1 Å². The SMILES string of the molecule is CN(C)c1nc(-c2ncco2)[c]s1. The molecule has 0 fully saturated rings. The fraction of sp³-hybridized carbons (Fsp3) is 0.250. The van der Waals surface area contributed by atoms with E-state index in [9.17, 15) is 0 Å². The van der Waals surface area contributed by atoms with E-state index in [2.05, 4.69) is 15.3 Å². The van der Waals surface area contributed by atoms with E-state index < -0.39 is 0 Å². The van der Waals surface area contributed by atoms with Gasteiger partial charge in [-0.2, -0.15) is 0 Å². The maximum absolute atomic E-state index is 5.10. The molecule has 5 heteroatoms. The van der Waals surface area contributed by atoms with E-state index in [1.54, 1.807) is 6.20 Å². The Kier molecular flexibility index (Phi) is 2.02. The highest BCUT2D eigenvalue weighted by Gasteiger charge is 2.09. The lowest BCUT2D eigenvalue weighted by Crippen LogP contribution is -2.07. The second-order valence-electron chi connectivity index (χ2n) is 2.68. The third kappa shape index (κ3) is 1.55. The van der Waals surface area contributed by atoms with Crippen LogP contribution in [0.15, 0.2) is 16.9 Å². The summed E-state index contributed by atoms with van der Waals surface area (Å²) in [5.41, 5.74) is 0.665. The van der Waals surface area contributed by atoms with Crippen molar-refractivity contribution in [2.45, 2.75) is 0 Å². The molecule has 0 aromatic carbocycles. The average Bonchev–Trinajstić information content (AvgIpc) is 2.75. The molecule has 2 heterocycles. The molecule has 67 valence electrons. The molecule has 0 saturated heterocycles. The fourth-order valence-corrected chi connectivity index (χ4v) is 1.50. The van der Waals surface area contributed by atoms with E-state index in [1.807, 2.05) is 19.0 Å². The summed E-state index contributed by atoms with van der Waals surface area (Å²) in [4.78, 5) is 10.2. The number of hydrogen-bond acceptors (Lipinski definition) is 5. The molecule has 0 N–H and O–H groups in total. The van der Waals surface area contributed by atoms with Crippen molar-refractivity contribution >= 4 is 16.5 Å². The Morgan fingerprint density at radius 1 is 1.54 bits per heavy atom. The Balaban J connectivity index is 2.33. The molecule has 0 aliphatic heterocycles. The van der Waals surface area contributed by atoms with Crippen LogP contribution in [0.4, 0.5) is 5.13 Å². The van der Waals surface area contributed by atoms with Crippen LogP contribution >= 0.6 is 11.3 Å². The highest BCUT2D eigenvalue weighted by atomic mass is 32.1. The minimum atomic E-state index is 0.518. The highest BCUT2D eigenvalue weighted by Crippen LogP contribution is 2.23. The highest BCUT2D eigenvalue weighted by molar-refractivity contribution is 7.13. The van der Waals surface area contributed by atoms with Crippen LogP contribution in [0.25, 0.3) is 11.6 Å². The van der Waals surface area contributed by atoms with Gasteiger partial charge in [0.15, 0.2) is 5.13 Å². The lowest BCUT2D eigenvalue weighted by molar-refractivity contribution is 0.572. The summed E-state index contributed by atoms with van der Waals surface area (Å²) >= 11 is 1.45. The summed E-state index contributed by atoms with van der Waals surface area (Å²) in [7, 11) is 3.87. The topological polar surface area (TPSA) is 42.2 Å². The molecule has 2 aromatic heterocycles. The van der Waals surface area contributed by atoms with Crippen LogP contribution in [-0.4, -0.2) is 24.1 Å². The van der Waals surface area contributed by atoms with Crippen molar-refractivity contribution in [1.29, 1.82) is 0 Å². The Bertz CT molecular complexity index is 380. The van der Waals surface area contributed by atoms with Crippen LogP contribution in [0.5, 0.6) is 0 Å². The van der Waals surface area contributed by atoms with E-state index in [0.717, 1.165) is 5.13 Å². The van der Waals surface area contributed by atoms with Gasteiger partial charge in [-0.05, 0) is 0 Å². The van der Waals surface area contributed by atoms with Gasteiger partial charge >= 0.3 is 0 Å². The molecule has 0 amide bonds. The lowest BCUT2D eigenvalue weighted by atomic mass is 10.5. The number of anilines is 1. The van der Waals surface area contributed by atoms with Gasteiger partial charge in [-0.1, -0.05) is 11.3 Å². The Hall–Kier alpha value is -1.36. The first-order valence-corrected chi connectivity index (χ1v) is 4.54. The number of rotatable bonds is 2. The minimum absolute atomic E-state index is 0.518. The molecule has 2 rings (SSSR count). The molecule has 4 nitrogen and oxygen atoms in total. The first kappa shape index (κ1) is 8.25. The minimum Gasteiger partial charge on any atom is -0.443 e. The van der Waals surface area contributed by atoms with Crippen LogP contribution < -0.4 is 4.90 Å². The zero-order valence-corrected chi connectivity index (χ0v) is 8.13. The summed E-state index contributed by atoms with van der Waals surface area (Å²) in [6, 6.07) is 0. The molecular weight excluding hydrogens is 186 g/mol. The van der Waals surface area contributed by atoms with Crippen molar-refractivity contribution in [2.24, 2.45) is 0 Å². The van der Waals surface area contributed by atoms with Gasteiger partial charge in [-0.15, -0.1) is 0 Å². The Morgan fingerprint density at radius 3 is 2.92 bits per heavy atom. The zero-order valence-electron chi connectivity index (χ0n) is 7.31. The Morgan fingerprint density at radius 2 is 2.38 bits per heavy atom. The quantitative estimate of drug-likeness (QED) is 0.729. The van der Waals surface area contributed by atoms with E-state index in [-0.39, 0.29) is 0 Å². The van der Waals surface area contributed by atoms with Gasteiger partial charge < -0.3 is 9.32 Å². The van der Waals surface area contributed by atoms with Crippen molar-refractivity contribution in [3.05, 3.63) is 17.8 Å². The van der Waals surface area contributed by atoms with E-state index in [4.69, 9.17) is 4.42 Å². The van der Waals surface area contributed by atoms with Gasteiger partial charge in [0.2, 0.25) is 5.89 Å². The molecule has 0 atom stereocenters. The molecule has 1 radical (unpaired) electrons. The van der Waals surface area contributed by atoms with E-state index >= 15 is 0 Å². The van der Waals surface area contributed by atoms with Crippen LogP contribution in [0, 0.1) is 5.38 Å². The average molecular weight is 194 g/mol. The standard InChI is InChI=1S/C8H8N3OS/c1-11(2)8-10-6(5-13-8)7-9-3-4-12-7/h3-4H,1-2H3. The molecule has 0 spiro atoms. The van der Waals surface area contributed by atoms with Crippen molar-refractivity contribution < 1.29 is 4.42 Å². The zero-order chi connectivity index (χ0) is 9.26. The van der Waals surface area contributed by atoms with Crippen LogP contribution in [-0.2, 0) is 0 Å². The number of oxazole rings is 1. The van der Waals surface area contributed by atoms with Crippen LogP contribution in [0.2, 0.25) is 0 Å². The third-order valence-corrected chi connectivity index (χ3v) is 2.40. The second-order valence-corrected chi connectivity index (χ2v) is 3.45. The predicted octanol–water partition coefficient (Wildman–Crippen LogP) is 1.66. The number of nitrogens with zero attached hydrogens (tertiary/aromatic N) is 3. The Labute approximate surface area is 79.9 Å². The monoisotopic (exact) mass is 194 g/mol. The van der Waals surface area contributed by atoms with Gasteiger partial charge in [0.05, 0.1) is 11.6 Å². The molecule has 0 bridgehead atoms.